The van der Waals surface area contributed by atoms with Crippen molar-refractivity contribution in [3.63, 3.8) is 0 Å². The summed E-state index contributed by atoms with van der Waals surface area (Å²) >= 11 is 0. The van der Waals surface area contributed by atoms with E-state index in [4.69, 9.17) is 4.42 Å². The molecule has 1 aromatic carbocycles. The highest BCUT2D eigenvalue weighted by Gasteiger charge is 2.19. The summed E-state index contributed by atoms with van der Waals surface area (Å²) in [5, 5.41) is 0. The van der Waals surface area contributed by atoms with Gasteiger partial charge in [-0.05, 0) is 51.8 Å². The molecule has 0 aliphatic heterocycles. The van der Waals surface area contributed by atoms with Crippen LogP contribution in [0.25, 0.3) is 0 Å². The molecular weight excluding hydrogens is 224 g/mol. The van der Waals surface area contributed by atoms with Crippen molar-refractivity contribution in [1.82, 2.24) is 0 Å². The zero-order valence-corrected chi connectivity index (χ0v) is 11.5. The van der Waals surface area contributed by atoms with Crippen LogP contribution >= 0.6 is 0 Å². The average Bonchev–Trinajstić information content (AvgIpc) is 2.56. The fraction of sp³-hybridized carbons (Fsp3) is 0.312. The number of hydrogen-bond donors (Lipinski definition) is 0. The second-order valence-corrected chi connectivity index (χ2v) is 4.93. The van der Waals surface area contributed by atoms with Crippen molar-refractivity contribution in [2.45, 2.75) is 34.6 Å². The minimum atomic E-state index is 0.0550. The van der Waals surface area contributed by atoms with Crippen LogP contribution in [0.2, 0.25) is 0 Å². The molecule has 2 rings (SSSR count). The summed E-state index contributed by atoms with van der Waals surface area (Å²) in [6.07, 6.45) is 0. The molecule has 0 aliphatic rings. The van der Waals surface area contributed by atoms with Crippen LogP contribution in [0.4, 0.5) is 0 Å². The second kappa shape index (κ2) is 4.45. The molecule has 2 heteroatoms. The summed E-state index contributed by atoms with van der Waals surface area (Å²) in [6, 6.07) is 5.90. The van der Waals surface area contributed by atoms with Crippen molar-refractivity contribution in [3.8, 4) is 0 Å². The molecule has 1 heterocycles. The highest BCUT2D eigenvalue weighted by atomic mass is 16.3. The molecule has 0 fully saturated rings. The van der Waals surface area contributed by atoms with Crippen molar-refractivity contribution in [2.75, 3.05) is 0 Å². The van der Waals surface area contributed by atoms with Gasteiger partial charge in [-0.3, -0.25) is 4.79 Å². The molecule has 0 radical (unpaired) electrons. The first kappa shape index (κ1) is 12.6. The van der Waals surface area contributed by atoms with E-state index in [9.17, 15) is 4.79 Å². The van der Waals surface area contributed by atoms with Crippen molar-refractivity contribution in [2.24, 2.45) is 0 Å². The maximum Gasteiger partial charge on any atom is 0.197 e. The molecule has 0 atom stereocenters. The van der Waals surface area contributed by atoms with Crippen molar-refractivity contribution < 1.29 is 9.21 Å². The van der Waals surface area contributed by atoms with Crippen molar-refractivity contribution in [1.29, 1.82) is 0 Å². The lowest BCUT2D eigenvalue weighted by Gasteiger charge is -2.09. The maximum atomic E-state index is 12.6. The normalized spacial score (nSPS) is 10.7. The summed E-state index contributed by atoms with van der Waals surface area (Å²) in [6.45, 7) is 9.70. The second-order valence-electron chi connectivity index (χ2n) is 4.93. The van der Waals surface area contributed by atoms with Crippen LogP contribution < -0.4 is 0 Å². The predicted octanol–water partition coefficient (Wildman–Crippen LogP) is 4.05. The Morgan fingerprint density at radius 1 is 0.944 bits per heavy atom. The van der Waals surface area contributed by atoms with Crippen LogP contribution in [0.3, 0.4) is 0 Å². The van der Waals surface area contributed by atoms with E-state index >= 15 is 0 Å². The van der Waals surface area contributed by atoms with Crippen molar-refractivity contribution >= 4 is 5.78 Å². The van der Waals surface area contributed by atoms with Crippen LogP contribution in [0.1, 0.15) is 44.1 Å². The van der Waals surface area contributed by atoms with Gasteiger partial charge in [0, 0.05) is 5.56 Å². The van der Waals surface area contributed by atoms with Gasteiger partial charge in [-0.2, -0.15) is 0 Å². The largest absolute Gasteiger partial charge is 0.466 e. The Labute approximate surface area is 108 Å². The fourth-order valence-electron chi connectivity index (χ4n) is 2.53. The molecule has 0 unspecified atom stereocenters. The van der Waals surface area contributed by atoms with E-state index < -0.39 is 0 Å². The van der Waals surface area contributed by atoms with E-state index in [-0.39, 0.29) is 5.78 Å². The molecule has 0 bridgehead atoms. The van der Waals surface area contributed by atoms with Gasteiger partial charge in [0.1, 0.15) is 11.5 Å². The van der Waals surface area contributed by atoms with Gasteiger partial charge in [-0.15, -0.1) is 0 Å². The lowest BCUT2D eigenvalue weighted by Crippen LogP contribution is -2.07. The monoisotopic (exact) mass is 242 g/mol. The number of furan rings is 1. The summed E-state index contributed by atoms with van der Waals surface area (Å²) in [5.41, 5.74) is 4.69. The van der Waals surface area contributed by atoms with E-state index in [0.29, 0.717) is 11.3 Å². The molecule has 0 aliphatic carbocycles. The molecule has 0 N–H and O–H groups in total. The zero-order valence-electron chi connectivity index (χ0n) is 11.5. The third-order valence-electron chi connectivity index (χ3n) is 3.19. The standard InChI is InChI=1S/C16H18O2/c1-9-6-10(2)15(11(3)7-9)16(17)14-8-12(4)18-13(14)5/h6-8H,1-5H3. The van der Waals surface area contributed by atoms with Gasteiger partial charge in [0.25, 0.3) is 0 Å². The molecule has 94 valence electrons. The van der Waals surface area contributed by atoms with Gasteiger partial charge in [-0.25, -0.2) is 0 Å². The first-order valence-electron chi connectivity index (χ1n) is 6.09. The third kappa shape index (κ3) is 2.10. The first-order valence-corrected chi connectivity index (χ1v) is 6.09. The van der Waals surface area contributed by atoms with Gasteiger partial charge < -0.3 is 4.42 Å². The van der Waals surface area contributed by atoms with Gasteiger partial charge >= 0.3 is 0 Å². The van der Waals surface area contributed by atoms with E-state index in [1.807, 2.05) is 52.8 Å². The topological polar surface area (TPSA) is 30.2 Å². The Bertz CT molecular complexity index is 595. The Morgan fingerprint density at radius 2 is 1.50 bits per heavy atom. The van der Waals surface area contributed by atoms with Gasteiger partial charge in [0.15, 0.2) is 5.78 Å². The van der Waals surface area contributed by atoms with Crippen LogP contribution in [0, 0.1) is 34.6 Å². The summed E-state index contributed by atoms with van der Waals surface area (Å²) in [5.74, 6) is 1.52. The smallest absolute Gasteiger partial charge is 0.197 e. The molecule has 2 nitrogen and oxygen atoms in total. The zero-order chi connectivity index (χ0) is 13.4. The highest BCUT2D eigenvalue weighted by Crippen LogP contribution is 2.23. The van der Waals surface area contributed by atoms with E-state index in [2.05, 4.69) is 0 Å². The number of rotatable bonds is 2. The van der Waals surface area contributed by atoms with E-state index in [1.165, 1.54) is 5.56 Å². The van der Waals surface area contributed by atoms with Gasteiger partial charge in [-0.1, -0.05) is 17.7 Å². The number of carbonyl (C=O) groups is 1. The van der Waals surface area contributed by atoms with Crippen LogP contribution in [-0.4, -0.2) is 5.78 Å². The minimum Gasteiger partial charge on any atom is -0.466 e. The van der Waals surface area contributed by atoms with E-state index in [0.717, 1.165) is 22.5 Å². The molecule has 18 heavy (non-hydrogen) atoms. The van der Waals surface area contributed by atoms with Crippen LogP contribution in [0.5, 0.6) is 0 Å². The number of aryl methyl sites for hydroxylation is 5. The fourth-order valence-corrected chi connectivity index (χ4v) is 2.53. The first-order chi connectivity index (χ1) is 8.40. The molecular formula is C16H18O2. The summed E-state index contributed by atoms with van der Waals surface area (Å²) < 4.78 is 5.44. The molecule has 2 aromatic rings. The van der Waals surface area contributed by atoms with Crippen LogP contribution in [-0.2, 0) is 0 Å². The van der Waals surface area contributed by atoms with Crippen molar-refractivity contribution in [3.05, 3.63) is 57.5 Å². The minimum absolute atomic E-state index is 0.0550. The molecule has 0 spiro atoms. The molecule has 0 saturated heterocycles. The highest BCUT2D eigenvalue weighted by molar-refractivity contribution is 6.11. The maximum absolute atomic E-state index is 12.6. The number of ketones is 1. The SMILES string of the molecule is Cc1cc(C)c(C(=O)c2cc(C)oc2C)c(C)c1. The lowest BCUT2D eigenvalue weighted by atomic mass is 9.93. The Kier molecular flexibility index (Phi) is 3.12. The Morgan fingerprint density at radius 3 is 1.94 bits per heavy atom. The lowest BCUT2D eigenvalue weighted by molar-refractivity contribution is 0.103. The van der Waals surface area contributed by atoms with Crippen LogP contribution in [0.15, 0.2) is 22.6 Å². The summed E-state index contributed by atoms with van der Waals surface area (Å²) in [7, 11) is 0. The molecule has 1 aromatic heterocycles. The quantitative estimate of drug-likeness (QED) is 0.743. The third-order valence-corrected chi connectivity index (χ3v) is 3.19. The average molecular weight is 242 g/mol. The van der Waals surface area contributed by atoms with E-state index in [1.54, 1.807) is 0 Å². The molecule has 0 saturated carbocycles. The number of hydrogen-bond acceptors (Lipinski definition) is 2. The van der Waals surface area contributed by atoms with Gasteiger partial charge in [0.05, 0.1) is 5.56 Å². The Balaban J connectivity index is 2.56. The van der Waals surface area contributed by atoms with Gasteiger partial charge in [0.2, 0.25) is 0 Å². The molecule has 0 amide bonds. The number of carbonyl (C=O) groups excluding carboxylic acids is 1. The Hall–Kier alpha value is -1.83. The predicted molar refractivity (Wildman–Crippen MR) is 72.3 cm³/mol. The number of benzene rings is 1. The summed E-state index contributed by atoms with van der Waals surface area (Å²) in [4.78, 5) is 12.6.